The molecule has 0 aliphatic rings. The van der Waals surface area contributed by atoms with Gasteiger partial charge in [-0.2, -0.15) is 0 Å². The Hall–Kier alpha value is -1.78. The smallest absolute Gasteiger partial charge is 0.129 e. The summed E-state index contributed by atoms with van der Waals surface area (Å²) < 4.78 is 13.9. The molecule has 0 spiro atoms. The third-order valence-electron chi connectivity index (χ3n) is 3.19. The van der Waals surface area contributed by atoms with Gasteiger partial charge in [-0.25, -0.2) is 4.39 Å². The minimum Gasteiger partial charge on any atom is -0.349 e. The van der Waals surface area contributed by atoms with Gasteiger partial charge in [0.1, 0.15) is 5.82 Å². The minimum atomic E-state index is -0.330. The lowest BCUT2D eigenvalue weighted by molar-refractivity contribution is 0.585. The molecule has 0 saturated carbocycles. The van der Waals surface area contributed by atoms with Crippen LogP contribution in [0.2, 0.25) is 0 Å². The molecule has 2 aromatic carbocycles. The van der Waals surface area contributed by atoms with Gasteiger partial charge in [0.15, 0.2) is 0 Å². The Kier molecular flexibility index (Phi) is 3.51. The molecule has 0 aliphatic carbocycles. The molecule has 0 aliphatic heterocycles. The van der Waals surface area contributed by atoms with Crippen molar-refractivity contribution < 1.29 is 4.39 Å². The number of benzene rings is 2. The molecule has 1 heterocycles. The first kappa shape index (κ1) is 13.2. The Bertz CT molecular complexity index is 716. The maximum atomic E-state index is 13.9. The Morgan fingerprint density at radius 3 is 2.70 bits per heavy atom. The van der Waals surface area contributed by atoms with Gasteiger partial charge in [0.05, 0.1) is 5.03 Å². The lowest BCUT2D eigenvalue weighted by Gasteiger charge is -2.12. The van der Waals surface area contributed by atoms with Crippen molar-refractivity contribution in [2.24, 2.45) is 5.73 Å². The highest BCUT2D eigenvalue weighted by atomic mass is 32.2. The van der Waals surface area contributed by atoms with E-state index in [-0.39, 0.29) is 11.9 Å². The highest BCUT2D eigenvalue weighted by Crippen LogP contribution is 2.35. The van der Waals surface area contributed by atoms with E-state index in [4.69, 9.17) is 5.73 Å². The lowest BCUT2D eigenvalue weighted by atomic mass is 10.1. The van der Waals surface area contributed by atoms with E-state index in [0.29, 0.717) is 5.56 Å². The van der Waals surface area contributed by atoms with Crippen LogP contribution in [0.4, 0.5) is 4.39 Å². The van der Waals surface area contributed by atoms with Crippen molar-refractivity contribution in [1.82, 2.24) is 4.98 Å². The van der Waals surface area contributed by atoms with Crippen LogP contribution in [0.3, 0.4) is 0 Å². The number of hydrogen-bond acceptors (Lipinski definition) is 2. The van der Waals surface area contributed by atoms with Crippen molar-refractivity contribution in [2.75, 3.05) is 0 Å². The summed E-state index contributed by atoms with van der Waals surface area (Å²) in [6.45, 7) is 1.80. The molecule has 20 heavy (non-hydrogen) atoms. The number of hydrogen-bond donors (Lipinski definition) is 2. The molecule has 0 fully saturated rings. The number of halogens is 1. The molecular weight excluding hydrogens is 271 g/mol. The lowest BCUT2D eigenvalue weighted by Crippen LogP contribution is -2.08. The zero-order valence-corrected chi connectivity index (χ0v) is 11.9. The molecule has 0 bridgehead atoms. The van der Waals surface area contributed by atoms with Gasteiger partial charge in [-0.3, -0.25) is 0 Å². The van der Waals surface area contributed by atoms with E-state index in [1.165, 1.54) is 17.8 Å². The van der Waals surface area contributed by atoms with E-state index in [1.807, 2.05) is 30.3 Å². The van der Waals surface area contributed by atoms with Crippen LogP contribution in [-0.4, -0.2) is 4.98 Å². The minimum absolute atomic E-state index is 0.249. The molecule has 1 aromatic heterocycles. The van der Waals surface area contributed by atoms with Crippen LogP contribution in [-0.2, 0) is 0 Å². The third kappa shape index (κ3) is 2.44. The van der Waals surface area contributed by atoms with E-state index < -0.39 is 0 Å². The second kappa shape index (κ2) is 5.31. The van der Waals surface area contributed by atoms with E-state index in [1.54, 1.807) is 13.0 Å². The van der Waals surface area contributed by atoms with Gasteiger partial charge in [0, 0.05) is 27.4 Å². The molecular formula is C16H15FN2S. The summed E-state index contributed by atoms with van der Waals surface area (Å²) in [7, 11) is 0. The van der Waals surface area contributed by atoms with Crippen molar-refractivity contribution in [3.05, 3.63) is 59.9 Å². The summed E-state index contributed by atoms with van der Waals surface area (Å²) in [5.74, 6) is -0.249. The number of aromatic nitrogens is 1. The predicted molar refractivity (Wildman–Crippen MR) is 81.4 cm³/mol. The molecule has 3 aromatic rings. The molecule has 0 amide bonds. The summed E-state index contributed by atoms with van der Waals surface area (Å²) in [5, 5.41) is 2.13. The third-order valence-corrected chi connectivity index (χ3v) is 4.21. The first-order chi connectivity index (χ1) is 9.65. The maximum absolute atomic E-state index is 13.9. The van der Waals surface area contributed by atoms with Gasteiger partial charge >= 0.3 is 0 Å². The zero-order valence-electron chi connectivity index (χ0n) is 11.1. The van der Waals surface area contributed by atoms with Crippen molar-refractivity contribution in [1.29, 1.82) is 0 Å². The van der Waals surface area contributed by atoms with Crippen molar-refractivity contribution in [3.63, 3.8) is 0 Å². The fourth-order valence-corrected chi connectivity index (χ4v) is 3.39. The number of aromatic amines is 1. The highest BCUT2D eigenvalue weighted by Gasteiger charge is 2.14. The average Bonchev–Trinajstić information content (AvgIpc) is 2.80. The van der Waals surface area contributed by atoms with Crippen LogP contribution in [0.1, 0.15) is 18.5 Å². The fourth-order valence-electron chi connectivity index (χ4n) is 2.27. The first-order valence-electron chi connectivity index (χ1n) is 6.45. The molecule has 102 valence electrons. The SMILES string of the molecule is C[C@@H](N)c1c(F)cccc1Sc1cc2ccccc2[nH]1. The number of fused-ring (bicyclic) bond motifs is 1. The average molecular weight is 286 g/mol. The van der Waals surface area contributed by atoms with Crippen molar-refractivity contribution >= 4 is 22.7 Å². The monoisotopic (exact) mass is 286 g/mol. The van der Waals surface area contributed by atoms with Crippen LogP contribution < -0.4 is 5.73 Å². The number of nitrogens with two attached hydrogens (primary N) is 1. The standard InChI is InChI=1S/C16H15FN2S/c1-10(18)16-12(17)6-4-8-14(16)20-15-9-11-5-2-3-7-13(11)19-15/h2-10,19H,18H2,1H3/t10-/m1/s1. The molecule has 1 atom stereocenters. The molecule has 0 unspecified atom stereocenters. The van der Waals surface area contributed by atoms with Crippen LogP contribution in [0.25, 0.3) is 10.9 Å². The van der Waals surface area contributed by atoms with Gasteiger partial charge in [-0.1, -0.05) is 36.0 Å². The normalized spacial score (nSPS) is 12.8. The summed E-state index contributed by atoms with van der Waals surface area (Å²) >= 11 is 1.51. The Morgan fingerprint density at radius 1 is 1.15 bits per heavy atom. The fraction of sp³-hybridized carbons (Fsp3) is 0.125. The molecule has 3 rings (SSSR count). The van der Waals surface area contributed by atoms with Gasteiger partial charge in [0.25, 0.3) is 0 Å². The van der Waals surface area contributed by atoms with Crippen LogP contribution in [0.5, 0.6) is 0 Å². The van der Waals surface area contributed by atoms with Crippen LogP contribution in [0, 0.1) is 5.82 Å². The quantitative estimate of drug-likeness (QED) is 0.745. The first-order valence-corrected chi connectivity index (χ1v) is 7.26. The Labute approximate surface area is 121 Å². The number of rotatable bonds is 3. The second-order valence-electron chi connectivity index (χ2n) is 4.76. The Balaban J connectivity index is 2.00. The molecule has 0 radical (unpaired) electrons. The zero-order chi connectivity index (χ0) is 14.1. The van der Waals surface area contributed by atoms with E-state index in [2.05, 4.69) is 11.1 Å². The molecule has 4 heteroatoms. The second-order valence-corrected chi connectivity index (χ2v) is 5.85. The van der Waals surface area contributed by atoms with Crippen molar-refractivity contribution in [2.45, 2.75) is 22.9 Å². The van der Waals surface area contributed by atoms with E-state index in [0.717, 1.165) is 20.8 Å². The predicted octanol–water partition coefficient (Wildman–Crippen LogP) is 4.48. The number of para-hydroxylation sites is 1. The summed E-state index contributed by atoms with van der Waals surface area (Å²) in [6.07, 6.45) is 0. The molecule has 3 N–H and O–H groups in total. The largest absolute Gasteiger partial charge is 0.349 e. The van der Waals surface area contributed by atoms with E-state index >= 15 is 0 Å². The van der Waals surface area contributed by atoms with Gasteiger partial charge in [-0.05, 0) is 31.2 Å². The highest BCUT2D eigenvalue weighted by molar-refractivity contribution is 7.99. The molecule has 2 nitrogen and oxygen atoms in total. The van der Waals surface area contributed by atoms with Gasteiger partial charge < -0.3 is 10.7 Å². The number of nitrogens with one attached hydrogen (secondary N) is 1. The van der Waals surface area contributed by atoms with E-state index in [9.17, 15) is 4.39 Å². The maximum Gasteiger partial charge on any atom is 0.129 e. The summed E-state index contributed by atoms with van der Waals surface area (Å²) in [5.41, 5.74) is 7.52. The molecule has 0 saturated heterocycles. The van der Waals surface area contributed by atoms with Gasteiger partial charge in [-0.15, -0.1) is 0 Å². The van der Waals surface area contributed by atoms with Crippen LogP contribution in [0.15, 0.2) is 58.5 Å². The number of H-pyrrole nitrogens is 1. The van der Waals surface area contributed by atoms with Gasteiger partial charge in [0.2, 0.25) is 0 Å². The summed E-state index contributed by atoms with van der Waals surface area (Å²) in [6, 6.07) is 14.9. The van der Waals surface area contributed by atoms with Crippen molar-refractivity contribution in [3.8, 4) is 0 Å². The van der Waals surface area contributed by atoms with Crippen LogP contribution >= 0.6 is 11.8 Å². The summed E-state index contributed by atoms with van der Waals surface area (Å²) in [4.78, 5) is 4.18. The topological polar surface area (TPSA) is 41.8 Å². The Morgan fingerprint density at radius 2 is 1.95 bits per heavy atom.